The van der Waals surface area contributed by atoms with Crippen LogP contribution in [0.25, 0.3) is 0 Å². The Morgan fingerprint density at radius 1 is 1.38 bits per heavy atom. The van der Waals surface area contributed by atoms with E-state index in [0.29, 0.717) is 5.92 Å². The van der Waals surface area contributed by atoms with Crippen molar-refractivity contribution in [1.29, 1.82) is 0 Å². The van der Waals surface area contributed by atoms with Gasteiger partial charge in [-0.3, -0.25) is 0 Å². The smallest absolute Gasteiger partial charge is 0.211 e. The summed E-state index contributed by atoms with van der Waals surface area (Å²) in [5.41, 5.74) is 10.3. The van der Waals surface area contributed by atoms with Crippen molar-refractivity contribution in [1.82, 2.24) is 0 Å². The minimum Gasteiger partial charge on any atom is -0.369 e. The largest absolute Gasteiger partial charge is 0.369 e. The van der Waals surface area contributed by atoms with Crippen LogP contribution in [0.2, 0.25) is 0 Å². The molecule has 1 unspecified atom stereocenters. The molecule has 0 aromatic carbocycles. The van der Waals surface area contributed by atoms with Crippen molar-refractivity contribution in [2.75, 3.05) is 0 Å². The zero-order chi connectivity index (χ0) is 10.1. The Bertz CT molecular complexity index is 170. The molecule has 0 saturated carbocycles. The molecule has 0 bridgehead atoms. The van der Waals surface area contributed by atoms with Gasteiger partial charge in [0.05, 0.1) is 0 Å². The van der Waals surface area contributed by atoms with E-state index in [1.54, 1.807) is 0 Å². The zero-order valence-electron chi connectivity index (χ0n) is 8.53. The first-order valence-electron chi connectivity index (χ1n) is 4.82. The van der Waals surface area contributed by atoms with Crippen LogP contribution in [0.5, 0.6) is 0 Å². The van der Waals surface area contributed by atoms with Crippen molar-refractivity contribution in [2.24, 2.45) is 27.6 Å². The van der Waals surface area contributed by atoms with Gasteiger partial charge in [0.1, 0.15) is 0 Å². The lowest BCUT2D eigenvalue weighted by molar-refractivity contribution is 0.575. The van der Waals surface area contributed by atoms with Crippen molar-refractivity contribution in [3.05, 3.63) is 0 Å². The van der Waals surface area contributed by atoms with Crippen LogP contribution in [0.15, 0.2) is 10.2 Å². The van der Waals surface area contributed by atoms with Gasteiger partial charge in [-0.1, -0.05) is 26.7 Å². The quantitative estimate of drug-likeness (QED) is 0.372. The summed E-state index contributed by atoms with van der Waals surface area (Å²) in [6.45, 7) is 4.32. The second kappa shape index (κ2) is 7.58. The molecule has 0 aliphatic carbocycles. The number of rotatable bonds is 6. The molecule has 0 aliphatic rings. The summed E-state index contributed by atoms with van der Waals surface area (Å²) >= 11 is 0. The molecule has 0 aliphatic heterocycles. The molecule has 0 fully saturated rings. The summed E-state index contributed by atoms with van der Waals surface area (Å²) in [5.74, 6) is 0.518. The highest BCUT2D eigenvalue weighted by atomic mass is 15.3. The molecule has 4 N–H and O–H groups in total. The van der Waals surface area contributed by atoms with Gasteiger partial charge in [0.25, 0.3) is 0 Å². The zero-order valence-corrected chi connectivity index (χ0v) is 8.53. The summed E-state index contributed by atoms with van der Waals surface area (Å²) in [5, 5.41) is 7.37. The Labute approximate surface area is 80.1 Å². The third-order valence-electron chi connectivity index (χ3n) is 1.90. The Hall–Kier alpha value is -1.06. The first-order chi connectivity index (χ1) is 6.20. The number of unbranched alkanes of at least 4 members (excludes halogenated alkanes) is 1. The van der Waals surface area contributed by atoms with Crippen molar-refractivity contribution in [3.63, 3.8) is 0 Å². The molecule has 0 rings (SSSR count). The van der Waals surface area contributed by atoms with Crippen LogP contribution in [0.4, 0.5) is 0 Å². The Kier molecular flexibility index (Phi) is 6.96. The van der Waals surface area contributed by atoms with E-state index < -0.39 is 0 Å². The SMILES string of the molecule is CCCCC(C=NN=C(N)N)CC. The first kappa shape index (κ1) is 11.9. The maximum absolute atomic E-state index is 5.13. The van der Waals surface area contributed by atoms with Crippen LogP contribution >= 0.6 is 0 Å². The molecule has 0 aromatic rings. The third-order valence-corrected chi connectivity index (χ3v) is 1.90. The molecule has 13 heavy (non-hydrogen) atoms. The Morgan fingerprint density at radius 2 is 2.08 bits per heavy atom. The maximum Gasteiger partial charge on any atom is 0.211 e. The van der Waals surface area contributed by atoms with Crippen LogP contribution in [-0.2, 0) is 0 Å². The summed E-state index contributed by atoms with van der Waals surface area (Å²) in [4.78, 5) is 0. The predicted octanol–water partition coefficient (Wildman–Crippen LogP) is 1.46. The van der Waals surface area contributed by atoms with Crippen LogP contribution in [-0.4, -0.2) is 12.2 Å². The average molecular weight is 184 g/mol. The van der Waals surface area contributed by atoms with Crippen LogP contribution in [0.1, 0.15) is 39.5 Å². The molecule has 0 radical (unpaired) electrons. The number of nitrogens with two attached hydrogens (primary N) is 2. The van der Waals surface area contributed by atoms with Gasteiger partial charge in [0, 0.05) is 6.21 Å². The minimum absolute atomic E-state index is 0.0154. The van der Waals surface area contributed by atoms with Crippen LogP contribution in [0.3, 0.4) is 0 Å². The second-order valence-corrected chi connectivity index (χ2v) is 3.10. The average Bonchev–Trinajstić information content (AvgIpc) is 2.10. The molecule has 4 heteroatoms. The summed E-state index contributed by atoms with van der Waals surface area (Å²) < 4.78 is 0. The lowest BCUT2D eigenvalue weighted by Crippen LogP contribution is -2.21. The van der Waals surface area contributed by atoms with E-state index >= 15 is 0 Å². The second-order valence-electron chi connectivity index (χ2n) is 3.10. The highest BCUT2D eigenvalue weighted by molar-refractivity contribution is 5.76. The molecule has 0 saturated heterocycles. The van der Waals surface area contributed by atoms with E-state index in [1.165, 1.54) is 12.8 Å². The molecule has 0 amide bonds. The van der Waals surface area contributed by atoms with Gasteiger partial charge >= 0.3 is 0 Å². The topological polar surface area (TPSA) is 76.8 Å². The van der Waals surface area contributed by atoms with E-state index in [2.05, 4.69) is 24.1 Å². The number of hydrogen-bond acceptors (Lipinski definition) is 2. The fraction of sp³-hybridized carbons (Fsp3) is 0.778. The van der Waals surface area contributed by atoms with Crippen molar-refractivity contribution >= 4 is 12.2 Å². The molecule has 76 valence electrons. The van der Waals surface area contributed by atoms with Gasteiger partial charge in [-0.05, 0) is 18.8 Å². The van der Waals surface area contributed by atoms with Gasteiger partial charge in [-0.15, -0.1) is 5.10 Å². The molecule has 0 spiro atoms. The maximum atomic E-state index is 5.13. The summed E-state index contributed by atoms with van der Waals surface area (Å²) in [7, 11) is 0. The van der Waals surface area contributed by atoms with Crippen LogP contribution in [0, 0.1) is 5.92 Å². The molecule has 0 heterocycles. The minimum atomic E-state index is 0.0154. The Morgan fingerprint density at radius 3 is 2.54 bits per heavy atom. The van der Waals surface area contributed by atoms with Crippen molar-refractivity contribution in [2.45, 2.75) is 39.5 Å². The molecular formula is C9H20N4. The summed E-state index contributed by atoms with van der Waals surface area (Å²) in [6, 6.07) is 0. The predicted molar refractivity (Wildman–Crippen MR) is 57.6 cm³/mol. The monoisotopic (exact) mass is 184 g/mol. The van der Waals surface area contributed by atoms with E-state index in [0.717, 1.165) is 12.8 Å². The van der Waals surface area contributed by atoms with Gasteiger partial charge < -0.3 is 11.5 Å². The van der Waals surface area contributed by atoms with Crippen molar-refractivity contribution in [3.8, 4) is 0 Å². The normalized spacial score (nSPS) is 13.1. The lowest BCUT2D eigenvalue weighted by atomic mass is 10.0. The van der Waals surface area contributed by atoms with E-state index in [9.17, 15) is 0 Å². The van der Waals surface area contributed by atoms with Crippen LogP contribution < -0.4 is 11.5 Å². The standard InChI is InChI=1S/C9H20N4/c1-3-5-6-8(4-2)7-12-13-9(10)11/h7-8H,3-6H2,1-2H3,(H4,10,11,13). The molecular weight excluding hydrogens is 164 g/mol. The molecule has 1 atom stereocenters. The summed E-state index contributed by atoms with van der Waals surface area (Å²) in [6.07, 6.45) is 6.52. The number of guanidine groups is 1. The fourth-order valence-corrected chi connectivity index (χ4v) is 1.04. The lowest BCUT2D eigenvalue weighted by Gasteiger charge is -2.06. The fourth-order valence-electron chi connectivity index (χ4n) is 1.04. The van der Waals surface area contributed by atoms with Gasteiger partial charge in [0.15, 0.2) is 0 Å². The van der Waals surface area contributed by atoms with E-state index in [4.69, 9.17) is 11.5 Å². The highest BCUT2D eigenvalue weighted by Crippen LogP contribution is 2.09. The Balaban J connectivity index is 3.82. The highest BCUT2D eigenvalue weighted by Gasteiger charge is 2.00. The van der Waals surface area contributed by atoms with Gasteiger partial charge in [-0.25, -0.2) is 0 Å². The number of hydrogen-bond donors (Lipinski definition) is 2. The number of nitrogens with zero attached hydrogens (tertiary/aromatic N) is 2. The molecule has 4 nitrogen and oxygen atoms in total. The van der Waals surface area contributed by atoms with Gasteiger partial charge in [-0.2, -0.15) is 5.10 Å². The van der Waals surface area contributed by atoms with E-state index in [1.807, 2.05) is 6.21 Å². The van der Waals surface area contributed by atoms with E-state index in [-0.39, 0.29) is 5.96 Å². The third kappa shape index (κ3) is 7.31. The van der Waals surface area contributed by atoms with Gasteiger partial charge in [0.2, 0.25) is 5.96 Å². The van der Waals surface area contributed by atoms with Crippen molar-refractivity contribution < 1.29 is 0 Å². The first-order valence-corrected chi connectivity index (χ1v) is 4.82. The molecule has 0 aromatic heterocycles.